The first-order chi connectivity index (χ1) is 11.5. The molecule has 0 unspecified atom stereocenters. The van der Waals surface area contributed by atoms with Crippen molar-refractivity contribution in [3.63, 3.8) is 0 Å². The number of carbonyl (C=O) groups is 2. The molecule has 0 aliphatic heterocycles. The van der Waals surface area contributed by atoms with E-state index in [1.54, 1.807) is 24.3 Å². The zero-order valence-corrected chi connectivity index (χ0v) is 14.1. The highest BCUT2D eigenvalue weighted by Gasteiger charge is 2.19. The van der Waals surface area contributed by atoms with Crippen LogP contribution in [0.4, 0.5) is 11.4 Å². The number of carbonyl (C=O) groups excluding carboxylic acids is 2. The molecule has 0 saturated heterocycles. The third-order valence-electron chi connectivity index (χ3n) is 3.48. The second-order valence-corrected chi connectivity index (χ2v) is 5.53. The smallest absolute Gasteiger partial charge is 0.265 e. The van der Waals surface area contributed by atoms with Crippen molar-refractivity contribution in [2.75, 3.05) is 10.6 Å². The molecule has 0 aliphatic carbocycles. The van der Waals surface area contributed by atoms with Gasteiger partial charge in [0.05, 0.1) is 0 Å². The Balaban J connectivity index is 2.07. The zero-order valence-electron chi connectivity index (χ0n) is 14.1. The van der Waals surface area contributed by atoms with Gasteiger partial charge in [-0.05, 0) is 43.2 Å². The first-order valence-corrected chi connectivity index (χ1v) is 7.90. The first-order valence-electron chi connectivity index (χ1n) is 7.90. The van der Waals surface area contributed by atoms with Gasteiger partial charge >= 0.3 is 0 Å². The van der Waals surface area contributed by atoms with Gasteiger partial charge in [-0.1, -0.05) is 31.2 Å². The number of hydrogen-bond acceptors (Lipinski definition) is 3. The maximum Gasteiger partial charge on any atom is 0.265 e. The molecular weight excluding hydrogens is 304 g/mol. The van der Waals surface area contributed by atoms with Crippen molar-refractivity contribution in [3.05, 3.63) is 54.1 Å². The van der Waals surface area contributed by atoms with Crippen LogP contribution in [0, 0.1) is 6.92 Å². The molecule has 0 aromatic heterocycles. The molecule has 2 aromatic rings. The number of hydrogen-bond donors (Lipinski definition) is 2. The van der Waals surface area contributed by atoms with Gasteiger partial charge in [0.2, 0.25) is 5.91 Å². The molecule has 2 amide bonds. The van der Waals surface area contributed by atoms with Gasteiger partial charge in [0.25, 0.3) is 5.91 Å². The normalized spacial score (nSPS) is 11.5. The van der Waals surface area contributed by atoms with E-state index in [-0.39, 0.29) is 11.8 Å². The molecule has 0 saturated carbocycles. The fourth-order valence-corrected chi connectivity index (χ4v) is 2.26. The number of para-hydroxylation sites is 1. The van der Waals surface area contributed by atoms with Crippen LogP contribution >= 0.6 is 0 Å². The zero-order chi connectivity index (χ0) is 17.5. The number of amides is 2. The standard InChI is InChI=1S/C19H22N2O3/c1-4-17(24-18-11-6-5-8-13(18)2)19(23)21-16-10-7-9-15(12-16)20-14(3)22/h5-12,17H,4H2,1-3H3,(H,20,22)(H,21,23)/t17-/m0/s1. The van der Waals surface area contributed by atoms with E-state index in [4.69, 9.17) is 4.74 Å². The van der Waals surface area contributed by atoms with Crippen LogP contribution in [0.3, 0.4) is 0 Å². The van der Waals surface area contributed by atoms with Crippen LogP contribution in [0.5, 0.6) is 5.75 Å². The van der Waals surface area contributed by atoms with E-state index in [2.05, 4.69) is 10.6 Å². The molecule has 5 heteroatoms. The Morgan fingerprint density at radius 1 is 1.04 bits per heavy atom. The molecule has 0 heterocycles. The summed E-state index contributed by atoms with van der Waals surface area (Å²) in [6.07, 6.45) is -0.0403. The van der Waals surface area contributed by atoms with E-state index < -0.39 is 6.10 Å². The van der Waals surface area contributed by atoms with Gasteiger partial charge in [-0.3, -0.25) is 9.59 Å². The summed E-state index contributed by atoms with van der Waals surface area (Å²) in [5.41, 5.74) is 2.22. The monoisotopic (exact) mass is 326 g/mol. The van der Waals surface area contributed by atoms with Gasteiger partial charge in [-0.15, -0.1) is 0 Å². The number of rotatable bonds is 6. The second kappa shape index (κ2) is 8.15. The van der Waals surface area contributed by atoms with Crippen LogP contribution in [0.2, 0.25) is 0 Å². The van der Waals surface area contributed by atoms with Crippen molar-refractivity contribution in [3.8, 4) is 5.75 Å². The molecule has 0 aliphatic rings. The van der Waals surface area contributed by atoms with Gasteiger partial charge in [0.15, 0.2) is 6.10 Å². The fraction of sp³-hybridized carbons (Fsp3) is 0.263. The Kier molecular flexibility index (Phi) is 5.95. The van der Waals surface area contributed by atoms with Crippen LogP contribution in [-0.4, -0.2) is 17.9 Å². The molecule has 0 spiro atoms. The molecule has 126 valence electrons. The van der Waals surface area contributed by atoms with E-state index in [1.165, 1.54) is 6.92 Å². The van der Waals surface area contributed by atoms with Gasteiger partial charge in [-0.25, -0.2) is 0 Å². The third-order valence-corrected chi connectivity index (χ3v) is 3.48. The highest BCUT2D eigenvalue weighted by molar-refractivity contribution is 5.95. The van der Waals surface area contributed by atoms with Crippen LogP contribution < -0.4 is 15.4 Å². The molecule has 24 heavy (non-hydrogen) atoms. The van der Waals surface area contributed by atoms with E-state index >= 15 is 0 Å². The molecule has 0 fully saturated rings. The van der Waals surface area contributed by atoms with Crippen molar-refractivity contribution in [1.82, 2.24) is 0 Å². The van der Waals surface area contributed by atoms with Crippen LogP contribution in [0.1, 0.15) is 25.8 Å². The average molecular weight is 326 g/mol. The van der Waals surface area contributed by atoms with Crippen molar-refractivity contribution in [1.29, 1.82) is 0 Å². The lowest BCUT2D eigenvalue weighted by atomic mass is 10.2. The summed E-state index contributed by atoms with van der Waals surface area (Å²) in [6.45, 7) is 5.28. The number of benzene rings is 2. The first kappa shape index (κ1) is 17.5. The SMILES string of the molecule is CC[C@H](Oc1ccccc1C)C(=O)Nc1cccc(NC(C)=O)c1. The summed E-state index contributed by atoms with van der Waals surface area (Å²) in [5.74, 6) is 0.319. The predicted molar refractivity (Wildman–Crippen MR) is 95.3 cm³/mol. The highest BCUT2D eigenvalue weighted by Crippen LogP contribution is 2.20. The van der Waals surface area contributed by atoms with E-state index in [1.807, 2.05) is 38.1 Å². The summed E-state index contributed by atoms with van der Waals surface area (Å²) in [5, 5.41) is 5.52. The van der Waals surface area contributed by atoms with Crippen molar-refractivity contribution in [2.45, 2.75) is 33.3 Å². The maximum atomic E-state index is 12.5. The van der Waals surface area contributed by atoms with E-state index in [0.717, 1.165) is 5.56 Å². The predicted octanol–water partition coefficient (Wildman–Crippen LogP) is 3.75. The largest absolute Gasteiger partial charge is 0.480 e. The summed E-state index contributed by atoms with van der Waals surface area (Å²) in [6, 6.07) is 14.6. The molecule has 5 nitrogen and oxygen atoms in total. The summed E-state index contributed by atoms with van der Waals surface area (Å²) < 4.78 is 5.84. The molecule has 1 atom stereocenters. The molecule has 2 rings (SSSR count). The number of nitrogens with one attached hydrogen (secondary N) is 2. The van der Waals surface area contributed by atoms with Crippen LogP contribution in [0.15, 0.2) is 48.5 Å². The van der Waals surface area contributed by atoms with E-state index in [9.17, 15) is 9.59 Å². The van der Waals surface area contributed by atoms with Gasteiger partial charge in [-0.2, -0.15) is 0 Å². The number of ether oxygens (including phenoxy) is 1. The Morgan fingerprint density at radius 2 is 1.71 bits per heavy atom. The second-order valence-electron chi connectivity index (χ2n) is 5.53. The number of aryl methyl sites for hydroxylation is 1. The van der Waals surface area contributed by atoms with E-state index in [0.29, 0.717) is 23.5 Å². The molecule has 2 N–H and O–H groups in total. The van der Waals surface area contributed by atoms with Gasteiger partial charge in [0.1, 0.15) is 5.75 Å². The van der Waals surface area contributed by atoms with Crippen molar-refractivity contribution < 1.29 is 14.3 Å². The fourth-order valence-electron chi connectivity index (χ4n) is 2.26. The average Bonchev–Trinajstić information content (AvgIpc) is 2.53. The Labute approximate surface area is 142 Å². The minimum atomic E-state index is -0.587. The summed E-state index contributed by atoms with van der Waals surface area (Å²) >= 11 is 0. The molecular formula is C19H22N2O3. The van der Waals surface area contributed by atoms with Gasteiger partial charge < -0.3 is 15.4 Å². The highest BCUT2D eigenvalue weighted by atomic mass is 16.5. The lowest BCUT2D eigenvalue weighted by Gasteiger charge is -2.18. The minimum Gasteiger partial charge on any atom is -0.480 e. The topological polar surface area (TPSA) is 67.4 Å². The van der Waals surface area contributed by atoms with Crippen molar-refractivity contribution >= 4 is 23.2 Å². The minimum absolute atomic E-state index is 0.159. The third kappa shape index (κ3) is 4.84. The molecule has 2 aromatic carbocycles. The van der Waals surface area contributed by atoms with Crippen LogP contribution in [0.25, 0.3) is 0 Å². The van der Waals surface area contributed by atoms with Crippen LogP contribution in [-0.2, 0) is 9.59 Å². The molecule has 0 radical (unpaired) electrons. The quantitative estimate of drug-likeness (QED) is 0.849. The molecule has 0 bridgehead atoms. The maximum absolute atomic E-state index is 12.5. The van der Waals surface area contributed by atoms with Crippen molar-refractivity contribution in [2.24, 2.45) is 0 Å². The Bertz CT molecular complexity index is 728. The number of anilines is 2. The summed E-state index contributed by atoms with van der Waals surface area (Å²) in [7, 11) is 0. The lowest BCUT2D eigenvalue weighted by Crippen LogP contribution is -2.32. The summed E-state index contributed by atoms with van der Waals surface area (Å²) in [4.78, 5) is 23.6. The van der Waals surface area contributed by atoms with Gasteiger partial charge in [0, 0.05) is 18.3 Å². The Hall–Kier alpha value is -2.82. The Morgan fingerprint density at radius 3 is 2.33 bits per heavy atom. The lowest BCUT2D eigenvalue weighted by molar-refractivity contribution is -0.122.